The maximum Gasteiger partial charge on any atom is 0.0481 e. The van der Waals surface area contributed by atoms with E-state index in [1.165, 1.54) is 10.5 Å². The highest BCUT2D eigenvalue weighted by Gasteiger charge is 2.13. The second-order valence-corrected chi connectivity index (χ2v) is 5.81. The number of aryl methyl sites for hydroxylation is 1. The van der Waals surface area contributed by atoms with Crippen LogP contribution in [0.1, 0.15) is 18.4 Å². The largest absolute Gasteiger partial charge is 0.381 e. The zero-order chi connectivity index (χ0) is 11.4. The monoisotopic (exact) mass is 301 g/mol. The number of nitrogens with one attached hydrogen (secondary N) is 1. The molecule has 1 N–H and O–H groups in total. The Labute approximate surface area is 109 Å². The minimum atomic E-state index is 0.585. The number of rotatable bonds is 3. The quantitative estimate of drug-likeness (QED) is 0.863. The lowest BCUT2D eigenvalue weighted by atomic mass is 10.1. The molecule has 0 aliphatic carbocycles. The van der Waals surface area contributed by atoms with Crippen LogP contribution >= 0.6 is 27.9 Å². The number of benzene rings is 1. The Morgan fingerprint density at radius 3 is 2.81 bits per heavy atom. The number of hydrogen-bond donors (Lipinski definition) is 1. The molecule has 1 heterocycles. The van der Waals surface area contributed by atoms with E-state index in [0.717, 1.165) is 30.5 Å². The molecule has 2 nitrogen and oxygen atoms in total. The molecule has 0 aromatic heterocycles. The minimum absolute atomic E-state index is 0.585. The Bertz CT molecular complexity index is 353. The second-order valence-electron chi connectivity index (χ2n) is 4.02. The summed E-state index contributed by atoms with van der Waals surface area (Å²) in [6.07, 6.45) is 2.23. The van der Waals surface area contributed by atoms with Crippen LogP contribution in [0.2, 0.25) is 0 Å². The highest BCUT2D eigenvalue weighted by Crippen LogP contribution is 2.24. The van der Waals surface area contributed by atoms with Crippen molar-refractivity contribution in [3.05, 3.63) is 28.2 Å². The van der Waals surface area contributed by atoms with E-state index in [0.29, 0.717) is 6.04 Å². The highest BCUT2D eigenvalue weighted by atomic mass is 79.9. The maximum absolute atomic E-state index is 5.34. The Balaban J connectivity index is 1.88. The Morgan fingerprint density at radius 2 is 2.12 bits per heavy atom. The van der Waals surface area contributed by atoms with Crippen molar-refractivity contribution >= 4 is 27.9 Å². The third kappa shape index (κ3) is 3.48. The van der Waals surface area contributed by atoms with Crippen molar-refractivity contribution in [1.29, 1.82) is 0 Å². The van der Waals surface area contributed by atoms with Crippen LogP contribution in [-0.2, 0) is 4.74 Å². The fraction of sp³-hybridized carbons (Fsp3) is 0.500. The summed E-state index contributed by atoms with van der Waals surface area (Å²) in [6.45, 7) is 3.91. The minimum Gasteiger partial charge on any atom is -0.381 e. The molecule has 4 heteroatoms. The summed E-state index contributed by atoms with van der Waals surface area (Å²) in [5.74, 6) is 0. The van der Waals surface area contributed by atoms with Gasteiger partial charge in [0.2, 0.25) is 0 Å². The van der Waals surface area contributed by atoms with Crippen molar-refractivity contribution in [2.75, 3.05) is 13.2 Å². The topological polar surface area (TPSA) is 21.3 Å². The van der Waals surface area contributed by atoms with Crippen LogP contribution in [0.4, 0.5) is 0 Å². The molecule has 1 aromatic rings. The first-order valence-corrected chi connectivity index (χ1v) is 7.13. The van der Waals surface area contributed by atoms with Crippen LogP contribution in [0.5, 0.6) is 0 Å². The van der Waals surface area contributed by atoms with E-state index < -0.39 is 0 Å². The molecule has 0 atom stereocenters. The Hall–Kier alpha value is -0.0300. The zero-order valence-corrected chi connectivity index (χ0v) is 11.7. The first-order chi connectivity index (χ1) is 7.75. The van der Waals surface area contributed by atoms with Crippen molar-refractivity contribution in [2.24, 2.45) is 0 Å². The molecule has 0 amide bonds. The fourth-order valence-corrected chi connectivity index (χ4v) is 3.05. The average molecular weight is 302 g/mol. The van der Waals surface area contributed by atoms with E-state index in [1.54, 1.807) is 11.9 Å². The Kier molecular flexibility index (Phi) is 4.70. The fourth-order valence-electron chi connectivity index (χ4n) is 1.69. The van der Waals surface area contributed by atoms with Gasteiger partial charge in [0, 0.05) is 28.6 Å². The first-order valence-electron chi connectivity index (χ1n) is 5.52. The molecular weight excluding hydrogens is 286 g/mol. The summed E-state index contributed by atoms with van der Waals surface area (Å²) in [7, 11) is 0. The molecule has 1 aliphatic rings. The molecule has 0 radical (unpaired) electrons. The molecule has 0 unspecified atom stereocenters. The number of hydrogen-bond acceptors (Lipinski definition) is 3. The van der Waals surface area contributed by atoms with Gasteiger partial charge in [0.1, 0.15) is 0 Å². The van der Waals surface area contributed by atoms with Crippen LogP contribution in [-0.4, -0.2) is 19.3 Å². The molecule has 2 rings (SSSR count). The molecule has 1 aliphatic heterocycles. The summed E-state index contributed by atoms with van der Waals surface area (Å²) < 4.78 is 9.99. The van der Waals surface area contributed by atoms with Crippen molar-refractivity contribution in [1.82, 2.24) is 4.72 Å². The van der Waals surface area contributed by atoms with Gasteiger partial charge in [-0.2, -0.15) is 0 Å². The van der Waals surface area contributed by atoms with Gasteiger partial charge in [-0.15, -0.1) is 0 Å². The molecular formula is C12H16BrNOS. The van der Waals surface area contributed by atoms with Gasteiger partial charge in [0.15, 0.2) is 0 Å². The van der Waals surface area contributed by atoms with Crippen LogP contribution in [0.25, 0.3) is 0 Å². The second kappa shape index (κ2) is 6.05. The van der Waals surface area contributed by atoms with Crippen molar-refractivity contribution < 1.29 is 4.74 Å². The van der Waals surface area contributed by atoms with Gasteiger partial charge in [-0.25, -0.2) is 0 Å². The van der Waals surface area contributed by atoms with Gasteiger partial charge < -0.3 is 4.74 Å². The van der Waals surface area contributed by atoms with Crippen molar-refractivity contribution in [3.63, 3.8) is 0 Å². The lowest BCUT2D eigenvalue weighted by Crippen LogP contribution is -2.30. The third-order valence-electron chi connectivity index (χ3n) is 2.69. The lowest BCUT2D eigenvalue weighted by molar-refractivity contribution is 0.0838. The summed E-state index contributed by atoms with van der Waals surface area (Å²) >= 11 is 5.21. The van der Waals surface area contributed by atoms with Gasteiger partial charge in [0.05, 0.1) is 0 Å². The molecule has 0 spiro atoms. The molecule has 88 valence electrons. The van der Waals surface area contributed by atoms with Gasteiger partial charge in [-0.05, 0) is 55.5 Å². The summed E-state index contributed by atoms with van der Waals surface area (Å²) in [5.41, 5.74) is 1.30. The van der Waals surface area contributed by atoms with E-state index >= 15 is 0 Å². The third-order valence-corrected chi connectivity index (χ3v) is 4.32. The lowest BCUT2D eigenvalue weighted by Gasteiger charge is -2.22. The van der Waals surface area contributed by atoms with E-state index in [-0.39, 0.29) is 0 Å². The van der Waals surface area contributed by atoms with Crippen molar-refractivity contribution in [2.45, 2.75) is 30.7 Å². The molecule has 1 saturated heterocycles. The summed E-state index contributed by atoms with van der Waals surface area (Å²) in [5, 5.41) is 0. The molecule has 0 saturated carbocycles. The smallest absolute Gasteiger partial charge is 0.0481 e. The zero-order valence-electron chi connectivity index (χ0n) is 9.33. The summed E-state index contributed by atoms with van der Waals surface area (Å²) in [4.78, 5) is 1.30. The Morgan fingerprint density at radius 1 is 1.38 bits per heavy atom. The highest BCUT2D eigenvalue weighted by molar-refractivity contribution is 9.10. The average Bonchev–Trinajstić information content (AvgIpc) is 2.29. The summed E-state index contributed by atoms with van der Waals surface area (Å²) in [6, 6.07) is 6.97. The predicted molar refractivity (Wildman–Crippen MR) is 71.7 cm³/mol. The maximum atomic E-state index is 5.34. The normalized spacial score (nSPS) is 17.6. The van der Waals surface area contributed by atoms with Gasteiger partial charge in [-0.3, -0.25) is 4.72 Å². The predicted octanol–water partition coefficient (Wildman–Crippen LogP) is 3.53. The standard InChI is InChI=1S/C12H16BrNOS/c1-9-8-10(13)2-3-12(9)16-14-11-4-6-15-7-5-11/h2-3,8,11,14H,4-7H2,1H3. The first kappa shape index (κ1) is 12.4. The number of ether oxygens (including phenoxy) is 1. The van der Waals surface area contributed by atoms with E-state index in [4.69, 9.17) is 4.74 Å². The van der Waals surface area contributed by atoms with E-state index in [1.807, 2.05) is 0 Å². The SMILES string of the molecule is Cc1cc(Br)ccc1SNC1CCOCC1. The number of halogens is 1. The van der Waals surface area contributed by atoms with E-state index in [9.17, 15) is 0 Å². The van der Waals surface area contributed by atoms with Crippen LogP contribution < -0.4 is 4.72 Å². The van der Waals surface area contributed by atoms with Gasteiger partial charge in [-0.1, -0.05) is 15.9 Å². The molecule has 1 aromatic carbocycles. The van der Waals surface area contributed by atoms with Crippen LogP contribution in [0.3, 0.4) is 0 Å². The van der Waals surface area contributed by atoms with Crippen LogP contribution in [0.15, 0.2) is 27.6 Å². The van der Waals surface area contributed by atoms with Crippen molar-refractivity contribution in [3.8, 4) is 0 Å². The molecule has 1 fully saturated rings. The van der Waals surface area contributed by atoms with Gasteiger partial charge >= 0.3 is 0 Å². The van der Waals surface area contributed by atoms with Gasteiger partial charge in [0.25, 0.3) is 0 Å². The molecule has 0 bridgehead atoms. The molecule has 16 heavy (non-hydrogen) atoms. The van der Waals surface area contributed by atoms with Crippen LogP contribution in [0, 0.1) is 6.92 Å². The van der Waals surface area contributed by atoms with E-state index in [2.05, 4.69) is 45.8 Å².